The van der Waals surface area contributed by atoms with Gasteiger partial charge >= 0.3 is 0 Å². The van der Waals surface area contributed by atoms with Crippen LogP contribution in [0.5, 0.6) is 0 Å². The highest BCUT2D eigenvalue weighted by atomic mass is 19.1. The van der Waals surface area contributed by atoms with Crippen molar-refractivity contribution >= 4 is 22.5 Å². The van der Waals surface area contributed by atoms with Crippen LogP contribution in [0.3, 0.4) is 0 Å². The Kier molecular flexibility index (Phi) is 2.92. The van der Waals surface area contributed by atoms with E-state index >= 15 is 0 Å². The lowest BCUT2D eigenvalue weighted by Crippen LogP contribution is -2.28. The molecule has 0 bridgehead atoms. The fraction of sp³-hybridized carbons (Fsp3) is 0.333. The first-order valence-corrected chi connectivity index (χ1v) is 7.94. The number of hydrogen-bond acceptors (Lipinski definition) is 3. The second-order valence-corrected chi connectivity index (χ2v) is 7.40. The molecule has 5 nitrogen and oxygen atoms in total. The molecule has 1 aliphatic rings. The highest BCUT2D eigenvalue weighted by Gasteiger charge is 2.34. The van der Waals surface area contributed by atoms with Gasteiger partial charge in [0.25, 0.3) is 0 Å². The first kappa shape index (κ1) is 14.9. The van der Waals surface area contributed by atoms with Crippen molar-refractivity contribution in [2.45, 2.75) is 33.6 Å². The smallest absolute Gasteiger partial charge is 0.165 e. The summed E-state index contributed by atoms with van der Waals surface area (Å²) in [5.74, 6) is -0.115. The maximum Gasteiger partial charge on any atom is 0.165 e. The van der Waals surface area contributed by atoms with E-state index in [0.717, 1.165) is 23.2 Å². The molecule has 0 aliphatic heterocycles. The van der Waals surface area contributed by atoms with Crippen LogP contribution in [0.25, 0.3) is 16.6 Å². The molecule has 1 aromatic carbocycles. The predicted octanol–water partition coefficient (Wildman–Crippen LogP) is 3.54. The molecular weight excluding hydrogens is 307 g/mol. The SMILES string of the molecule is Cc1cn(-c2cc(F)c3c(N)n[nH]c3c2)c2c1C(=O)CC(C)(C)C2. The molecule has 4 rings (SSSR count). The summed E-state index contributed by atoms with van der Waals surface area (Å²) in [6.45, 7) is 6.09. The Morgan fingerprint density at radius 2 is 2.08 bits per heavy atom. The van der Waals surface area contributed by atoms with Crippen molar-refractivity contribution in [2.24, 2.45) is 5.41 Å². The molecule has 3 N–H and O–H groups in total. The van der Waals surface area contributed by atoms with Crippen LogP contribution in [0.4, 0.5) is 10.2 Å². The van der Waals surface area contributed by atoms with Crippen LogP contribution in [-0.4, -0.2) is 20.5 Å². The number of Topliss-reactive ketones (excluding diaryl/α,β-unsaturated/α-hetero) is 1. The number of nitrogens with zero attached hydrogens (tertiary/aromatic N) is 2. The van der Waals surface area contributed by atoms with Gasteiger partial charge in [0.2, 0.25) is 0 Å². The van der Waals surface area contributed by atoms with Crippen LogP contribution in [0.15, 0.2) is 18.3 Å². The molecule has 0 spiro atoms. The third-order valence-electron chi connectivity index (χ3n) is 4.77. The number of nitrogen functional groups attached to an aromatic ring is 1. The summed E-state index contributed by atoms with van der Waals surface area (Å²) in [4.78, 5) is 12.5. The summed E-state index contributed by atoms with van der Waals surface area (Å²) in [5.41, 5.74) is 9.46. The van der Waals surface area contributed by atoms with Crippen molar-refractivity contribution < 1.29 is 9.18 Å². The number of rotatable bonds is 1. The minimum atomic E-state index is -0.421. The molecule has 0 saturated carbocycles. The first-order chi connectivity index (χ1) is 11.3. The zero-order valence-corrected chi connectivity index (χ0v) is 13.9. The molecule has 2 heterocycles. The average Bonchev–Trinajstić information content (AvgIpc) is 2.99. The lowest BCUT2D eigenvalue weighted by molar-refractivity contribution is 0.0910. The molecule has 2 aromatic heterocycles. The largest absolute Gasteiger partial charge is 0.382 e. The van der Waals surface area contributed by atoms with Crippen molar-refractivity contribution in [3.05, 3.63) is 41.0 Å². The van der Waals surface area contributed by atoms with Gasteiger partial charge in [-0.25, -0.2) is 4.39 Å². The number of carbonyl (C=O) groups is 1. The number of nitrogens with one attached hydrogen (secondary N) is 1. The van der Waals surface area contributed by atoms with Gasteiger partial charge in [-0.2, -0.15) is 5.10 Å². The maximum atomic E-state index is 14.5. The number of ketones is 1. The average molecular weight is 326 g/mol. The Labute approximate surface area is 138 Å². The van der Waals surface area contributed by atoms with Gasteiger partial charge in [-0.1, -0.05) is 13.8 Å². The normalized spacial score (nSPS) is 16.6. The molecule has 24 heavy (non-hydrogen) atoms. The van der Waals surface area contributed by atoms with Crippen LogP contribution in [0.2, 0.25) is 0 Å². The maximum absolute atomic E-state index is 14.5. The van der Waals surface area contributed by atoms with E-state index in [9.17, 15) is 9.18 Å². The molecule has 124 valence electrons. The van der Waals surface area contributed by atoms with Gasteiger partial charge < -0.3 is 10.3 Å². The molecule has 0 unspecified atom stereocenters. The van der Waals surface area contributed by atoms with E-state index in [-0.39, 0.29) is 17.0 Å². The van der Waals surface area contributed by atoms with Crippen molar-refractivity contribution in [1.82, 2.24) is 14.8 Å². The van der Waals surface area contributed by atoms with Crippen LogP contribution in [0, 0.1) is 18.2 Å². The topological polar surface area (TPSA) is 76.7 Å². The van der Waals surface area contributed by atoms with E-state index in [1.807, 2.05) is 23.8 Å². The van der Waals surface area contributed by atoms with Crippen LogP contribution in [0.1, 0.15) is 41.9 Å². The molecular formula is C18H19FN4O. The summed E-state index contributed by atoms with van der Waals surface area (Å²) in [6, 6.07) is 3.26. The Morgan fingerprint density at radius 3 is 2.83 bits per heavy atom. The van der Waals surface area contributed by atoms with Crippen LogP contribution in [-0.2, 0) is 6.42 Å². The number of anilines is 1. The quantitative estimate of drug-likeness (QED) is 0.718. The number of fused-ring (bicyclic) bond motifs is 2. The molecule has 0 saturated heterocycles. The van der Waals surface area contributed by atoms with Gasteiger partial charge in [0.1, 0.15) is 5.82 Å². The molecule has 6 heteroatoms. The second kappa shape index (κ2) is 4.69. The highest BCUT2D eigenvalue weighted by molar-refractivity contribution is 6.00. The Balaban J connectivity index is 1.96. The standard InChI is InChI=1S/C18H19FN4O/c1-9-8-23(13-6-18(2,3)7-14(24)15(9)13)10-4-11(19)16-12(5-10)21-22-17(16)20/h4-5,8H,6-7H2,1-3H3,(H3,20,21,22). The number of nitrogens with two attached hydrogens (primary N) is 1. The van der Waals surface area contributed by atoms with Gasteiger partial charge in [-0.05, 0) is 36.5 Å². The fourth-order valence-corrected chi connectivity index (χ4v) is 3.76. The number of benzene rings is 1. The monoisotopic (exact) mass is 326 g/mol. The Bertz CT molecular complexity index is 996. The minimum Gasteiger partial charge on any atom is -0.382 e. The lowest BCUT2D eigenvalue weighted by atomic mass is 9.75. The third-order valence-corrected chi connectivity index (χ3v) is 4.77. The lowest BCUT2D eigenvalue weighted by Gasteiger charge is -2.30. The molecule has 0 amide bonds. The molecule has 3 aromatic rings. The zero-order chi connectivity index (χ0) is 17.2. The van der Waals surface area contributed by atoms with Crippen molar-refractivity contribution in [3.63, 3.8) is 0 Å². The number of aromatic nitrogens is 3. The summed E-state index contributed by atoms with van der Waals surface area (Å²) >= 11 is 0. The highest BCUT2D eigenvalue weighted by Crippen LogP contribution is 2.38. The van der Waals surface area contributed by atoms with Gasteiger partial charge in [0.05, 0.1) is 16.6 Å². The van der Waals surface area contributed by atoms with Crippen molar-refractivity contribution in [2.75, 3.05) is 5.73 Å². The molecule has 0 fully saturated rings. The number of aryl methyl sites for hydroxylation is 1. The Morgan fingerprint density at radius 1 is 1.33 bits per heavy atom. The summed E-state index contributed by atoms with van der Waals surface area (Å²) in [5, 5.41) is 6.92. The summed E-state index contributed by atoms with van der Waals surface area (Å²) < 4.78 is 16.4. The van der Waals surface area contributed by atoms with Gasteiger partial charge in [0.15, 0.2) is 11.6 Å². The van der Waals surface area contributed by atoms with Crippen LogP contribution < -0.4 is 5.73 Å². The van der Waals surface area contributed by atoms with E-state index in [2.05, 4.69) is 24.0 Å². The third kappa shape index (κ3) is 2.06. The van der Waals surface area contributed by atoms with Crippen molar-refractivity contribution in [3.8, 4) is 5.69 Å². The molecule has 1 aliphatic carbocycles. The predicted molar refractivity (Wildman–Crippen MR) is 91.0 cm³/mol. The van der Waals surface area contributed by atoms with Gasteiger partial charge in [-0.3, -0.25) is 9.89 Å². The van der Waals surface area contributed by atoms with Gasteiger partial charge in [-0.15, -0.1) is 0 Å². The minimum absolute atomic E-state index is 0.103. The van der Waals surface area contributed by atoms with Crippen LogP contribution >= 0.6 is 0 Å². The number of carbonyl (C=O) groups excluding carboxylic acids is 1. The second-order valence-electron chi connectivity index (χ2n) is 7.40. The van der Waals surface area contributed by atoms with E-state index in [0.29, 0.717) is 23.0 Å². The Hall–Kier alpha value is -2.63. The number of H-pyrrole nitrogens is 1. The summed E-state index contributed by atoms with van der Waals surface area (Å²) in [7, 11) is 0. The van der Waals surface area contributed by atoms with E-state index < -0.39 is 5.82 Å². The zero-order valence-electron chi connectivity index (χ0n) is 13.9. The molecule has 0 atom stereocenters. The fourth-order valence-electron chi connectivity index (χ4n) is 3.76. The van der Waals surface area contributed by atoms with Gasteiger partial charge in [0, 0.05) is 23.9 Å². The van der Waals surface area contributed by atoms with E-state index in [1.165, 1.54) is 6.07 Å². The number of hydrogen-bond donors (Lipinski definition) is 2. The molecule has 0 radical (unpaired) electrons. The van der Waals surface area contributed by atoms with E-state index in [4.69, 9.17) is 5.73 Å². The van der Waals surface area contributed by atoms with Crippen molar-refractivity contribution in [1.29, 1.82) is 0 Å². The number of aromatic amines is 1. The first-order valence-electron chi connectivity index (χ1n) is 7.94. The number of halogens is 1. The summed E-state index contributed by atoms with van der Waals surface area (Å²) in [6.07, 6.45) is 3.21. The van der Waals surface area contributed by atoms with E-state index in [1.54, 1.807) is 0 Å².